The van der Waals surface area contributed by atoms with Crippen molar-refractivity contribution < 1.29 is 9.59 Å². The average molecular weight is 312 g/mol. The van der Waals surface area contributed by atoms with E-state index < -0.39 is 6.04 Å². The van der Waals surface area contributed by atoms with Crippen LogP contribution < -0.4 is 16.4 Å². The van der Waals surface area contributed by atoms with E-state index in [-0.39, 0.29) is 30.3 Å². The molecule has 1 fully saturated rings. The lowest BCUT2D eigenvalue weighted by Gasteiger charge is -2.32. The number of hydrogen-bond donors (Lipinski definition) is 3. The average Bonchev–Trinajstić information content (AvgIpc) is 2.43. The Labute approximate surface area is 134 Å². The third-order valence-electron chi connectivity index (χ3n) is 4.12. The van der Waals surface area contributed by atoms with Crippen molar-refractivity contribution >= 4 is 11.8 Å². The third kappa shape index (κ3) is 6.75. The minimum Gasteiger partial charge on any atom is -0.351 e. The van der Waals surface area contributed by atoms with E-state index in [4.69, 9.17) is 5.73 Å². The Hall–Kier alpha value is -1.14. The Morgan fingerprint density at radius 2 is 2.00 bits per heavy atom. The van der Waals surface area contributed by atoms with Gasteiger partial charge in [0.05, 0.1) is 12.6 Å². The standard InChI is InChI=1S/C16H32N4O2/c1-11(2)15(17)16(22)18-8-14(21)19-13(4)10-20-7-5-6-12(3)9-20/h11-13,15H,5-10,17H2,1-4H3,(H,18,22)(H,19,21)/t12?,13?,15-/m0/s1. The monoisotopic (exact) mass is 312 g/mol. The van der Waals surface area contributed by atoms with Gasteiger partial charge in [-0.2, -0.15) is 0 Å². The molecule has 0 aromatic rings. The van der Waals surface area contributed by atoms with Crippen LogP contribution in [0.15, 0.2) is 0 Å². The minimum absolute atomic E-state index is 0.0139. The largest absolute Gasteiger partial charge is 0.351 e. The fraction of sp³-hybridized carbons (Fsp3) is 0.875. The molecule has 22 heavy (non-hydrogen) atoms. The molecule has 6 heteroatoms. The number of carbonyl (C=O) groups excluding carboxylic acids is 2. The maximum absolute atomic E-state index is 11.9. The molecule has 1 heterocycles. The highest BCUT2D eigenvalue weighted by Crippen LogP contribution is 2.15. The maximum atomic E-state index is 11.9. The van der Waals surface area contributed by atoms with E-state index in [0.717, 1.165) is 25.6 Å². The summed E-state index contributed by atoms with van der Waals surface area (Å²) in [6.45, 7) is 11.1. The van der Waals surface area contributed by atoms with Crippen molar-refractivity contribution in [1.29, 1.82) is 0 Å². The molecular formula is C16H32N4O2. The van der Waals surface area contributed by atoms with Crippen LogP contribution >= 0.6 is 0 Å². The first kappa shape index (κ1) is 18.9. The number of carbonyl (C=O) groups is 2. The van der Waals surface area contributed by atoms with Crippen LogP contribution in [-0.4, -0.2) is 55.0 Å². The highest BCUT2D eigenvalue weighted by atomic mass is 16.2. The fourth-order valence-corrected chi connectivity index (χ4v) is 2.80. The van der Waals surface area contributed by atoms with Crippen molar-refractivity contribution in [3.8, 4) is 0 Å². The Kier molecular flexibility index (Phi) is 7.82. The summed E-state index contributed by atoms with van der Waals surface area (Å²) < 4.78 is 0. The van der Waals surface area contributed by atoms with Gasteiger partial charge in [-0.1, -0.05) is 20.8 Å². The zero-order valence-corrected chi connectivity index (χ0v) is 14.4. The summed E-state index contributed by atoms with van der Waals surface area (Å²) in [5.74, 6) is 0.348. The zero-order valence-electron chi connectivity index (χ0n) is 14.4. The highest BCUT2D eigenvalue weighted by molar-refractivity contribution is 5.87. The number of likely N-dealkylation sites (tertiary alicyclic amines) is 1. The number of rotatable bonds is 7. The maximum Gasteiger partial charge on any atom is 0.239 e. The summed E-state index contributed by atoms with van der Waals surface area (Å²) in [7, 11) is 0. The highest BCUT2D eigenvalue weighted by Gasteiger charge is 2.20. The normalized spacial score (nSPS) is 22.2. The topological polar surface area (TPSA) is 87.5 Å². The van der Waals surface area contributed by atoms with Crippen molar-refractivity contribution in [3.05, 3.63) is 0 Å². The third-order valence-corrected chi connectivity index (χ3v) is 4.12. The number of hydrogen-bond acceptors (Lipinski definition) is 4. The number of nitrogens with one attached hydrogen (secondary N) is 2. The number of piperidine rings is 1. The lowest BCUT2D eigenvalue weighted by atomic mass is 10.00. The van der Waals surface area contributed by atoms with Crippen LogP contribution in [0.4, 0.5) is 0 Å². The van der Waals surface area contributed by atoms with Crippen molar-refractivity contribution in [2.45, 2.75) is 52.6 Å². The van der Waals surface area contributed by atoms with Crippen LogP contribution in [-0.2, 0) is 9.59 Å². The van der Waals surface area contributed by atoms with E-state index in [1.165, 1.54) is 12.8 Å². The zero-order chi connectivity index (χ0) is 16.7. The first-order valence-corrected chi connectivity index (χ1v) is 8.34. The Morgan fingerprint density at radius 1 is 1.32 bits per heavy atom. The van der Waals surface area contributed by atoms with E-state index in [1.807, 2.05) is 20.8 Å². The van der Waals surface area contributed by atoms with Crippen LogP contribution in [0.3, 0.4) is 0 Å². The SMILES string of the molecule is CC1CCCN(CC(C)NC(=O)CNC(=O)[C@@H](N)C(C)C)C1. The predicted molar refractivity (Wildman–Crippen MR) is 88.3 cm³/mol. The summed E-state index contributed by atoms with van der Waals surface area (Å²) in [5.41, 5.74) is 5.73. The second-order valence-electron chi connectivity index (χ2n) is 6.96. The molecule has 1 rings (SSSR count). The molecular weight excluding hydrogens is 280 g/mol. The van der Waals surface area contributed by atoms with E-state index in [1.54, 1.807) is 0 Å². The molecule has 0 aliphatic carbocycles. The number of nitrogens with zero attached hydrogens (tertiary/aromatic N) is 1. The number of nitrogens with two attached hydrogens (primary N) is 1. The lowest BCUT2D eigenvalue weighted by molar-refractivity contribution is -0.127. The van der Waals surface area contributed by atoms with Crippen LogP contribution in [0.1, 0.15) is 40.5 Å². The summed E-state index contributed by atoms with van der Waals surface area (Å²) in [6, 6.07) is -0.492. The van der Waals surface area contributed by atoms with Gasteiger partial charge >= 0.3 is 0 Å². The van der Waals surface area contributed by atoms with Crippen molar-refractivity contribution in [2.75, 3.05) is 26.2 Å². The molecule has 0 spiro atoms. The van der Waals surface area contributed by atoms with Gasteiger partial charge in [0, 0.05) is 19.1 Å². The molecule has 6 nitrogen and oxygen atoms in total. The van der Waals surface area contributed by atoms with Gasteiger partial charge in [0.25, 0.3) is 0 Å². The van der Waals surface area contributed by atoms with E-state index >= 15 is 0 Å². The molecule has 0 radical (unpaired) electrons. The minimum atomic E-state index is -0.569. The van der Waals surface area contributed by atoms with Gasteiger partial charge in [0.2, 0.25) is 11.8 Å². The molecule has 0 bridgehead atoms. The van der Waals surface area contributed by atoms with Crippen molar-refractivity contribution in [3.63, 3.8) is 0 Å². The quantitative estimate of drug-likeness (QED) is 0.632. The predicted octanol–water partition coefficient (Wildman–Crippen LogP) is 0.323. The van der Waals surface area contributed by atoms with Crippen LogP contribution in [0.2, 0.25) is 0 Å². The van der Waals surface area contributed by atoms with E-state index in [2.05, 4.69) is 22.5 Å². The summed E-state index contributed by atoms with van der Waals surface area (Å²) in [6.07, 6.45) is 2.52. The molecule has 0 aromatic heterocycles. The first-order chi connectivity index (χ1) is 10.3. The summed E-state index contributed by atoms with van der Waals surface area (Å²) in [5, 5.41) is 5.52. The Balaban J connectivity index is 2.25. The van der Waals surface area contributed by atoms with Crippen LogP contribution in [0, 0.1) is 11.8 Å². The van der Waals surface area contributed by atoms with Crippen molar-refractivity contribution in [1.82, 2.24) is 15.5 Å². The van der Waals surface area contributed by atoms with Gasteiger partial charge in [0.1, 0.15) is 0 Å². The summed E-state index contributed by atoms with van der Waals surface area (Å²) in [4.78, 5) is 26.0. The molecule has 2 unspecified atom stereocenters. The molecule has 3 atom stereocenters. The van der Waals surface area contributed by atoms with E-state index in [0.29, 0.717) is 0 Å². The second-order valence-corrected chi connectivity index (χ2v) is 6.96. The Bertz CT molecular complexity index is 373. The van der Waals surface area contributed by atoms with Crippen molar-refractivity contribution in [2.24, 2.45) is 17.6 Å². The lowest BCUT2D eigenvalue weighted by Crippen LogP contribution is -2.50. The molecule has 1 aliphatic heterocycles. The summed E-state index contributed by atoms with van der Waals surface area (Å²) >= 11 is 0. The molecule has 1 aliphatic rings. The van der Waals surface area contributed by atoms with Gasteiger partial charge < -0.3 is 21.3 Å². The molecule has 4 N–H and O–H groups in total. The fourth-order valence-electron chi connectivity index (χ4n) is 2.80. The van der Waals surface area contributed by atoms with Gasteiger partial charge in [-0.15, -0.1) is 0 Å². The molecule has 0 aromatic carbocycles. The van der Waals surface area contributed by atoms with Crippen LogP contribution in [0.25, 0.3) is 0 Å². The number of amides is 2. The van der Waals surface area contributed by atoms with Gasteiger partial charge in [-0.25, -0.2) is 0 Å². The second kappa shape index (κ2) is 9.10. The molecule has 0 saturated carbocycles. The van der Waals surface area contributed by atoms with E-state index in [9.17, 15) is 9.59 Å². The van der Waals surface area contributed by atoms with Gasteiger partial charge in [-0.3, -0.25) is 9.59 Å². The molecule has 128 valence electrons. The smallest absolute Gasteiger partial charge is 0.239 e. The molecule has 1 saturated heterocycles. The van der Waals surface area contributed by atoms with Crippen LogP contribution in [0.5, 0.6) is 0 Å². The molecule has 2 amide bonds. The first-order valence-electron chi connectivity index (χ1n) is 8.34. The van der Waals surface area contributed by atoms with Gasteiger partial charge in [0.15, 0.2) is 0 Å². The van der Waals surface area contributed by atoms with Gasteiger partial charge in [-0.05, 0) is 38.1 Å². The Morgan fingerprint density at radius 3 is 2.59 bits per heavy atom.